The van der Waals surface area contributed by atoms with Gasteiger partial charge in [-0.1, -0.05) is 8.09 Å². The van der Waals surface area contributed by atoms with Crippen LogP contribution >= 0.6 is 42.8 Å². The topological polar surface area (TPSA) is 42.0 Å². The van der Waals surface area contributed by atoms with Crippen LogP contribution in [0.5, 0.6) is 0 Å². The minimum absolute atomic E-state index is 0.0839. The van der Waals surface area contributed by atoms with Crippen LogP contribution < -0.4 is 5.32 Å². The molecule has 1 heterocycles. The molecule has 0 amide bonds. The molecule has 0 fully saturated rings. The molecule has 0 aromatic carbocycles. The lowest BCUT2D eigenvalue weighted by atomic mass is 10.4. The Hall–Kier alpha value is 0.150. The molecule has 7 heteroatoms. The molecule has 1 aromatic heterocycles. The van der Waals surface area contributed by atoms with Crippen LogP contribution in [0.4, 0.5) is 5.13 Å². The summed E-state index contributed by atoms with van der Waals surface area (Å²) in [7, 11) is -0.0291. The molecule has 1 N–H and O–H groups in total. The van der Waals surface area contributed by atoms with Gasteiger partial charge in [0.25, 0.3) is 0 Å². The SMILES string of the molecule is CNc1nc(C(=O)S(C)(S)S)c(C)s1. The van der Waals surface area contributed by atoms with E-state index in [2.05, 4.69) is 33.6 Å². The van der Waals surface area contributed by atoms with E-state index in [0.717, 1.165) is 10.0 Å². The summed E-state index contributed by atoms with van der Waals surface area (Å²) < 4.78 is 0. The number of thiol groups is 2. The van der Waals surface area contributed by atoms with Crippen molar-refractivity contribution in [3.05, 3.63) is 10.6 Å². The maximum atomic E-state index is 11.8. The minimum atomic E-state index is -1.81. The maximum absolute atomic E-state index is 11.8. The van der Waals surface area contributed by atoms with Gasteiger partial charge in [0.15, 0.2) is 5.13 Å². The van der Waals surface area contributed by atoms with Gasteiger partial charge in [-0.2, -0.15) is 0 Å². The molecule has 0 bridgehead atoms. The molecule has 1 aromatic rings. The Bertz CT molecular complexity index is 355. The summed E-state index contributed by atoms with van der Waals surface area (Å²) in [5.74, 6) is 0. The second-order valence-electron chi connectivity index (χ2n) is 2.79. The van der Waals surface area contributed by atoms with Crippen molar-refractivity contribution in [2.45, 2.75) is 6.92 Å². The van der Waals surface area contributed by atoms with Crippen LogP contribution in [-0.2, 0) is 0 Å². The monoisotopic (exact) mass is 268 g/mol. The number of hydrogen-bond acceptors (Lipinski definition) is 6. The van der Waals surface area contributed by atoms with E-state index in [0.29, 0.717) is 5.69 Å². The first-order chi connectivity index (χ1) is 6.36. The number of aryl methyl sites for hydroxylation is 1. The van der Waals surface area contributed by atoms with Crippen LogP contribution in [0, 0.1) is 6.92 Å². The molecule has 0 saturated heterocycles. The van der Waals surface area contributed by atoms with Crippen LogP contribution in [0.25, 0.3) is 0 Å². The van der Waals surface area contributed by atoms with Gasteiger partial charge in [0.2, 0.25) is 5.12 Å². The summed E-state index contributed by atoms with van der Waals surface area (Å²) in [4.78, 5) is 16.9. The van der Waals surface area contributed by atoms with Crippen LogP contribution in [0.1, 0.15) is 15.4 Å². The summed E-state index contributed by atoms with van der Waals surface area (Å²) in [6.07, 6.45) is 1.72. The number of carbonyl (C=O) groups excluding carboxylic acids is 1. The largest absolute Gasteiger partial charge is 0.365 e. The van der Waals surface area contributed by atoms with Gasteiger partial charge in [-0.05, 0) is 13.2 Å². The first-order valence-corrected chi connectivity index (χ1v) is 8.75. The molecule has 0 saturated carbocycles. The highest BCUT2D eigenvalue weighted by atomic mass is 33.5. The average Bonchev–Trinajstić information content (AvgIpc) is 2.43. The number of thiazole rings is 1. The number of aromatic nitrogens is 1. The first kappa shape index (κ1) is 12.2. The summed E-state index contributed by atoms with van der Waals surface area (Å²) in [5, 5.41) is 3.57. The summed E-state index contributed by atoms with van der Waals surface area (Å²) in [6.45, 7) is 1.87. The minimum Gasteiger partial charge on any atom is -0.365 e. The Balaban J connectivity index is 3.07. The van der Waals surface area contributed by atoms with Gasteiger partial charge < -0.3 is 5.32 Å². The van der Waals surface area contributed by atoms with Crippen LogP contribution in [-0.4, -0.2) is 23.4 Å². The third kappa shape index (κ3) is 2.59. The van der Waals surface area contributed by atoms with Crippen molar-refractivity contribution in [1.82, 2.24) is 4.98 Å². The van der Waals surface area contributed by atoms with Crippen LogP contribution in [0.2, 0.25) is 0 Å². The van der Waals surface area contributed by atoms with Gasteiger partial charge in [-0.3, -0.25) is 4.79 Å². The average molecular weight is 268 g/mol. The normalized spacial score (nSPS) is 12.6. The highest BCUT2D eigenvalue weighted by molar-refractivity contribution is 9.22. The van der Waals surface area contributed by atoms with Gasteiger partial charge in [-0.15, -0.1) is 34.7 Å². The molecule has 0 aliphatic rings. The van der Waals surface area contributed by atoms with Crippen molar-refractivity contribution in [1.29, 1.82) is 0 Å². The Labute approximate surface area is 98.6 Å². The fraction of sp³-hybridized carbons (Fsp3) is 0.429. The molecule has 1 rings (SSSR count). The fourth-order valence-corrected chi connectivity index (χ4v) is 2.79. The molecule has 0 atom stereocenters. The Kier molecular flexibility index (Phi) is 3.79. The van der Waals surface area contributed by atoms with Crippen LogP contribution in [0.15, 0.2) is 0 Å². The van der Waals surface area contributed by atoms with Crippen molar-refractivity contribution in [2.75, 3.05) is 18.6 Å². The molecular weight excluding hydrogens is 256 g/mol. The van der Waals surface area contributed by atoms with Crippen molar-refractivity contribution in [3.8, 4) is 0 Å². The highest BCUT2D eigenvalue weighted by Gasteiger charge is 2.25. The van der Waals surface area contributed by atoms with Crippen molar-refractivity contribution >= 4 is 53.0 Å². The van der Waals surface area contributed by atoms with E-state index in [-0.39, 0.29) is 5.12 Å². The van der Waals surface area contributed by atoms with E-state index in [1.54, 1.807) is 13.3 Å². The number of carbonyl (C=O) groups is 1. The standard InChI is InChI=1S/C7H12N2OS4/c1-4-5(6(10)14(3,11)12)9-7(8-2)13-4/h11-12H,1-3H3,(H,8,9). The number of hydrogen-bond donors (Lipinski definition) is 3. The van der Waals surface area contributed by atoms with Gasteiger partial charge in [0, 0.05) is 11.9 Å². The van der Waals surface area contributed by atoms with Gasteiger partial charge in [-0.25, -0.2) is 4.98 Å². The smallest absolute Gasteiger partial charge is 0.238 e. The van der Waals surface area contributed by atoms with E-state index in [9.17, 15) is 4.79 Å². The predicted molar refractivity (Wildman–Crippen MR) is 72.2 cm³/mol. The van der Waals surface area contributed by atoms with E-state index >= 15 is 0 Å². The first-order valence-electron chi connectivity index (χ1n) is 3.79. The fourth-order valence-electron chi connectivity index (χ4n) is 0.876. The predicted octanol–water partition coefficient (Wildman–Crippen LogP) is 2.76. The van der Waals surface area contributed by atoms with Crippen molar-refractivity contribution in [2.24, 2.45) is 0 Å². The van der Waals surface area contributed by atoms with Crippen molar-refractivity contribution < 1.29 is 4.79 Å². The van der Waals surface area contributed by atoms with E-state index in [1.807, 2.05) is 6.92 Å². The van der Waals surface area contributed by atoms with Crippen molar-refractivity contribution in [3.63, 3.8) is 0 Å². The summed E-state index contributed by atoms with van der Waals surface area (Å²) in [6, 6.07) is 0. The van der Waals surface area contributed by atoms with Gasteiger partial charge >= 0.3 is 0 Å². The maximum Gasteiger partial charge on any atom is 0.238 e. The zero-order valence-corrected chi connectivity index (χ0v) is 11.5. The molecular formula is C7H12N2OS4. The number of anilines is 1. The summed E-state index contributed by atoms with van der Waals surface area (Å²) >= 11 is 9.84. The molecule has 0 radical (unpaired) electrons. The second-order valence-corrected chi connectivity index (χ2v) is 11.3. The lowest BCUT2D eigenvalue weighted by Crippen LogP contribution is -2.03. The molecule has 0 aliphatic heterocycles. The molecule has 0 unspecified atom stereocenters. The Morgan fingerprint density at radius 2 is 2.14 bits per heavy atom. The van der Waals surface area contributed by atoms with E-state index in [1.165, 1.54) is 11.3 Å². The number of nitrogens with one attached hydrogen (secondary N) is 1. The molecule has 0 aliphatic carbocycles. The van der Waals surface area contributed by atoms with Crippen LogP contribution in [0.3, 0.4) is 0 Å². The molecule has 3 nitrogen and oxygen atoms in total. The second kappa shape index (κ2) is 4.34. The van der Waals surface area contributed by atoms with E-state index < -0.39 is 8.09 Å². The Morgan fingerprint density at radius 1 is 1.57 bits per heavy atom. The lowest BCUT2D eigenvalue weighted by molar-refractivity contribution is 0.108. The molecule has 0 spiro atoms. The third-order valence-electron chi connectivity index (χ3n) is 1.56. The van der Waals surface area contributed by atoms with Gasteiger partial charge in [0.1, 0.15) is 5.69 Å². The number of nitrogens with zero attached hydrogens (tertiary/aromatic N) is 1. The molecule has 80 valence electrons. The Morgan fingerprint density at radius 3 is 2.50 bits per heavy atom. The third-order valence-corrected chi connectivity index (χ3v) is 4.43. The van der Waals surface area contributed by atoms with Gasteiger partial charge in [0.05, 0.1) is 0 Å². The lowest BCUT2D eigenvalue weighted by Gasteiger charge is -2.18. The van der Waals surface area contributed by atoms with E-state index in [4.69, 9.17) is 0 Å². The molecule has 14 heavy (non-hydrogen) atoms. The summed E-state index contributed by atoms with van der Waals surface area (Å²) in [5.41, 5.74) is 0.488. The highest BCUT2D eigenvalue weighted by Crippen LogP contribution is 2.56. The zero-order valence-electron chi connectivity index (χ0n) is 8.07. The quantitative estimate of drug-likeness (QED) is 0.571. The number of rotatable bonds is 2. The zero-order chi connectivity index (χ0) is 10.9.